The second-order valence-corrected chi connectivity index (χ2v) is 7.44. The van der Waals surface area contributed by atoms with E-state index in [1.54, 1.807) is 12.1 Å². The number of hydrogen-bond donors (Lipinski definition) is 1. The molecule has 3 aromatic rings. The van der Waals surface area contributed by atoms with Crippen molar-refractivity contribution in [3.05, 3.63) is 59.4 Å². The number of methoxy groups -OCH3 is 1. The fourth-order valence-corrected chi connectivity index (χ4v) is 3.73. The SMILES string of the molecule is COc1cc(C(=O)N[C@@H]2CCn3nc(-c4cc(C5CC5)ncc4F)cc32)ccn1. The minimum Gasteiger partial charge on any atom is -0.481 e. The Morgan fingerprint density at radius 2 is 2.10 bits per heavy atom. The van der Waals surface area contributed by atoms with Gasteiger partial charge < -0.3 is 10.1 Å². The van der Waals surface area contributed by atoms with Crippen LogP contribution < -0.4 is 10.1 Å². The van der Waals surface area contributed by atoms with Crippen LogP contribution in [0.5, 0.6) is 5.88 Å². The molecular weight excluding hydrogens is 373 g/mol. The molecule has 0 spiro atoms. The van der Waals surface area contributed by atoms with E-state index in [-0.39, 0.29) is 17.8 Å². The number of amides is 1. The standard InChI is InChI=1S/C21H20FN5O2/c1-29-20-8-13(4-6-23-20)21(28)25-16-5-7-27-19(16)10-18(26-27)14-9-17(12-2-3-12)24-11-15(14)22/h4,6,8-12,16H,2-3,5,7H2,1H3,(H,25,28)/t16-/m1/s1. The topological polar surface area (TPSA) is 81.9 Å². The number of aryl methyl sites for hydroxylation is 1. The lowest BCUT2D eigenvalue weighted by Crippen LogP contribution is -2.27. The zero-order chi connectivity index (χ0) is 20.0. The maximum Gasteiger partial charge on any atom is 0.252 e. The molecule has 1 saturated carbocycles. The van der Waals surface area contributed by atoms with Gasteiger partial charge in [-0.1, -0.05) is 0 Å². The van der Waals surface area contributed by atoms with E-state index in [1.807, 2.05) is 16.8 Å². The van der Waals surface area contributed by atoms with Crippen molar-refractivity contribution in [1.29, 1.82) is 0 Å². The summed E-state index contributed by atoms with van der Waals surface area (Å²) in [6.07, 6.45) is 5.76. The van der Waals surface area contributed by atoms with E-state index < -0.39 is 0 Å². The van der Waals surface area contributed by atoms with Gasteiger partial charge in [-0.25, -0.2) is 9.37 Å². The van der Waals surface area contributed by atoms with E-state index in [0.29, 0.717) is 35.2 Å². The summed E-state index contributed by atoms with van der Waals surface area (Å²) < 4.78 is 21.3. The number of nitrogens with zero attached hydrogens (tertiary/aromatic N) is 4. The zero-order valence-corrected chi connectivity index (χ0v) is 15.9. The van der Waals surface area contributed by atoms with Crippen LogP contribution in [0.4, 0.5) is 4.39 Å². The lowest BCUT2D eigenvalue weighted by molar-refractivity contribution is 0.0936. The van der Waals surface area contributed by atoms with Gasteiger partial charge in [0.25, 0.3) is 5.91 Å². The van der Waals surface area contributed by atoms with E-state index in [1.165, 1.54) is 19.5 Å². The maximum absolute atomic E-state index is 14.4. The molecule has 0 unspecified atom stereocenters. The van der Waals surface area contributed by atoms with Crippen molar-refractivity contribution in [2.75, 3.05) is 7.11 Å². The van der Waals surface area contributed by atoms with Crippen LogP contribution in [-0.2, 0) is 6.54 Å². The molecule has 0 bridgehead atoms. The molecule has 29 heavy (non-hydrogen) atoms. The molecule has 4 heterocycles. The second kappa shape index (κ2) is 6.95. The van der Waals surface area contributed by atoms with Gasteiger partial charge in [0.2, 0.25) is 5.88 Å². The lowest BCUT2D eigenvalue weighted by Gasteiger charge is -2.12. The quantitative estimate of drug-likeness (QED) is 0.720. The van der Waals surface area contributed by atoms with Crippen molar-refractivity contribution < 1.29 is 13.9 Å². The summed E-state index contributed by atoms with van der Waals surface area (Å²) in [6, 6.07) is 6.72. The summed E-state index contributed by atoms with van der Waals surface area (Å²) in [7, 11) is 1.51. The fourth-order valence-electron chi connectivity index (χ4n) is 3.73. The average Bonchev–Trinajstić information content (AvgIpc) is 3.40. The number of fused-ring (bicyclic) bond motifs is 1. The number of pyridine rings is 2. The van der Waals surface area contributed by atoms with Gasteiger partial charge in [0.15, 0.2) is 5.82 Å². The van der Waals surface area contributed by atoms with E-state index in [2.05, 4.69) is 20.4 Å². The molecule has 1 aliphatic heterocycles. The summed E-state index contributed by atoms with van der Waals surface area (Å²) in [5.74, 6) is 0.234. The third-order valence-electron chi connectivity index (χ3n) is 5.46. The minimum atomic E-state index is -0.379. The molecule has 0 aromatic carbocycles. The summed E-state index contributed by atoms with van der Waals surface area (Å²) in [4.78, 5) is 20.9. The van der Waals surface area contributed by atoms with Crippen LogP contribution in [0.3, 0.4) is 0 Å². The van der Waals surface area contributed by atoms with Crippen molar-refractivity contribution in [2.24, 2.45) is 0 Å². The minimum absolute atomic E-state index is 0.185. The highest BCUT2D eigenvalue weighted by Crippen LogP contribution is 2.40. The Balaban J connectivity index is 1.39. The molecular formula is C21H20FN5O2. The molecule has 1 fully saturated rings. The van der Waals surface area contributed by atoms with Gasteiger partial charge in [-0.15, -0.1) is 0 Å². The van der Waals surface area contributed by atoms with Gasteiger partial charge in [-0.2, -0.15) is 5.10 Å². The highest BCUT2D eigenvalue weighted by atomic mass is 19.1. The monoisotopic (exact) mass is 393 g/mol. The van der Waals surface area contributed by atoms with Crippen molar-refractivity contribution in [3.63, 3.8) is 0 Å². The first-order valence-corrected chi connectivity index (χ1v) is 9.67. The molecule has 1 atom stereocenters. The van der Waals surface area contributed by atoms with E-state index in [0.717, 1.165) is 30.7 Å². The molecule has 0 saturated heterocycles. The Morgan fingerprint density at radius 1 is 1.24 bits per heavy atom. The Morgan fingerprint density at radius 3 is 2.90 bits per heavy atom. The van der Waals surface area contributed by atoms with E-state index in [4.69, 9.17) is 4.74 Å². The van der Waals surface area contributed by atoms with Crippen molar-refractivity contribution >= 4 is 5.91 Å². The summed E-state index contributed by atoms with van der Waals surface area (Å²) >= 11 is 0. The number of carbonyl (C=O) groups is 1. The van der Waals surface area contributed by atoms with Crippen molar-refractivity contribution in [3.8, 4) is 17.1 Å². The third kappa shape index (κ3) is 3.35. The number of ether oxygens (including phenoxy) is 1. The Labute approximate surface area is 166 Å². The molecule has 1 aliphatic carbocycles. The van der Waals surface area contributed by atoms with Crippen LogP contribution in [0.1, 0.15) is 53.0 Å². The number of hydrogen-bond acceptors (Lipinski definition) is 5. The lowest BCUT2D eigenvalue weighted by atomic mass is 10.1. The van der Waals surface area contributed by atoms with Crippen LogP contribution in [0.15, 0.2) is 36.7 Å². The molecule has 3 aromatic heterocycles. The van der Waals surface area contributed by atoms with Crippen molar-refractivity contribution in [2.45, 2.75) is 37.8 Å². The Hall–Kier alpha value is -3.29. The van der Waals surface area contributed by atoms with Gasteiger partial charge in [0.05, 0.1) is 30.7 Å². The molecule has 2 aliphatic rings. The number of halogens is 1. The van der Waals surface area contributed by atoms with Crippen LogP contribution in [0.25, 0.3) is 11.3 Å². The molecule has 0 radical (unpaired) electrons. The summed E-state index contributed by atoms with van der Waals surface area (Å²) in [5.41, 5.74) is 3.31. The van der Waals surface area contributed by atoms with Crippen molar-refractivity contribution in [1.82, 2.24) is 25.1 Å². The summed E-state index contributed by atoms with van der Waals surface area (Å²) in [5, 5.41) is 7.60. The molecule has 7 nitrogen and oxygen atoms in total. The zero-order valence-electron chi connectivity index (χ0n) is 15.9. The molecule has 5 rings (SSSR count). The number of rotatable bonds is 5. The van der Waals surface area contributed by atoms with Crippen LogP contribution >= 0.6 is 0 Å². The largest absolute Gasteiger partial charge is 0.481 e. The van der Waals surface area contributed by atoms with Crippen LogP contribution in [-0.4, -0.2) is 32.8 Å². The third-order valence-corrected chi connectivity index (χ3v) is 5.46. The highest BCUT2D eigenvalue weighted by Gasteiger charge is 2.29. The molecule has 1 N–H and O–H groups in total. The van der Waals surface area contributed by atoms with E-state index in [9.17, 15) is 9.18 Å². The first-order chi connectivity index (χ1) is 14.1. The first kappa shape index (κ1) is 17.8. The molecule has 148 valence electrons. The Kier molecular flexibility index (Phi) is 4.26. The van der Waals surface area contributed by atoms with E-state index >= 15 is 0 Å². The normalized spacial score (nSPS) is 17.8. The van der Waals surface area contributed by atoms with Gasteiger partial charge in [0, 0.05) is 41.5 Å². The maximum atomic E-state index is 14.4. The number of nitrogens with one attached hydrogen (secondary N) is 1. The van der Waals surface area contributed by atoms with Gasteiger partial charge in [-0.05, 0) is 37.5 Å². The molecule has 1 amide bonds. The van der Waals surface area contributed by atoms with Crippen LogP contribution in [0.2, 0.25) is 0 Å². The first-order valence-electron chi connectivity index (χ1n) is 9.67. The second-order valence-electron chi connectivity index (χ2n) is 7.44. The number of aromatic nitrogens is 4. The highest BCUT2D eigenvalue weighted by molar-refractivity contribution is 5.94. The van der Waals surface area contributed by atoms with Gasteiger partial charge in [0.1, 0.15) is 0 Å². The number of carbonyl (C=O) groups excluding carboxylic acids is 1. The molecule has 8 heteroatoms. The smallest absolute Gasteiger partial charge is 0.252 e. The van der Waals surface area contributed by atoms with Gasteiger partial charge >= 0.3 is 0 Å². The Bertz CT molecular complexity index is 1090. The fraction of sp³-hybridized carbons (Fsp3) is 0.333. The average molecular weight is 393 g/mol. The van der Waals surface area contributed by atoms with Crippen LogP contribution in [0, 0.1) is 5.82 Å². The predicted molar refractivity (Wildman–Crippen MR) is 103 cm³/mol. The van der Waals surface area contributed by atoms with Gasteiger partial charge in [-0.3, -0.25) is 14.5 Å². The predicted octanol–water partition coefficient (Wildman–Crippen LogP) is 3.24. The summed E-state index contributed by atoms with van der Waals surface area (Å²) in [6.45, 7) is 0.669.